The third-order valence-corrected chi connectivity index (χ3v) is 4.64. The molecule has 1 fully saturated rings. The Bertz CT molecular complexity index is 804. The van der Waals surface area contributed by atoms with Crippen LogP contribution in [0.1, 0.15) is 41.7 Å². The van der Waals surface area contributed by atoms with Crippen LogP contribution >= 0.6 is 15.9 Å². The zero-order chi connectivity index (χ0) is 18.0. The molecule has 0 aliphatic heterocycles. The van der Waals surface area contributed by atoms with Crippen molar-refractivity contribution >= 4 is 33.4 Å². The van der Waals surface area contributed by atoms with Gasteiger partial charge in [0, 0.05) is 16.1 Å². The summed E-state index contributed by atoms with van der Waals surface area (Å²) in [6.45, 7) is 1.82. The lowest BCUT2D eigenvalue weighted by atomic mass is 10.1. The molecule has 4 nitrogen and oxygen atoms in total. The number of hydrogen-bond donors (Lipinski definition) is 2. The smallest absolute Gasteiger partial charge is 0.254 e. The van der Waals surface area contributed by atoms with Crippen LogP contribution in [-0.4, -0.2) is 11.8 Å². The molecule has 0 bridgehead atoms. The minimum absolute atomic E-state index is 0.00505. The molecule has 0 spiro atoms. The minimum atomic E-state index is -0.564. The molecule has 2 aromatic carbocycles. The van der Waals surface area contributed by atoms with E-state index in [1.54, 1.807) is 18.2 Å². The highest BCUT2D eigenvalue weighted by atomic mass is 79.9. The second kappa shape index (κ2) is 7.35. The number of halogens is 2. The molecule has 25 heavy (non-hydrogen) atoms. The van der Waals surface area contributed by atoms with Gasteiger partial charge in [-0.1, -0.05) is 28.1 Å². The summed E-state index contributed by atoms with van der Waals surface area (Å²) in [5, 5.41) is 5.65. The van der Waals surface area contributed by atoms with Gasteiger partial charge >= 0.3 is 0 Å². The van der Waals surface area contributed by atoms with Crippen molar-refractivity contribution in [3.05, 3.63) is 63.9 Å². The van der Waals surface area contributed by atoms with Crippen LogP contribution in [0.15, 0.2) is 46.9 Å². The molecule has 2 aromatic rings. The van der Waals surface area contributed by atoms with E-state index in [9.17, 15) is 14.0 Å². The van der Waals surface area contributed by atoms with E-state index in [2.05, 4.69) is 26.6 Å². The first-order valence-electron chi connectivity index (χ1n) is 8.11. The standard InChI is InChI=1S/C19H18BrFN2O2/c1-11(22-19(25)16-10-14(20)6-9-17(16)21)12-4-7-15(8-5-12)23-18(24)13-2-3-13/h4-11,13H,2-3H2,1H3,(H,22,25)(H,23,24). The van der Waals surface area contributed by atoms with Crippen LogP contribution in [0.25, 0.3) is 0 Å². The van der Waals surface area contributed by atoms with Gasteiger partial charge in [-0.25, -0.2) is 4.39 Å². The Labute approximate surface area is 153 Å². The van der Waals surface area contributed by atoms with Crippen molar-refractivity contribution in [2.45, 2.75) is 25.8 Å². The summed E-state index contributed by atoms with van der Waals surface area (Å²) >= 11 is 3.24. The molecule has 2 N–H and O–H groups in total. The van der Waals surface area contributed by atoms with Gasteiger partial charge in [0.05, 0.1) is 11.6 Å². The average Bonchev–Trinajstić information content (AvgIpc) is 3.42. The fourth-order valence-corrected chi connectivity index (χ4v) is 2.84. The zero-order valence-corrected chi connectivity index (χ0v) is 15.3. The SMILES string of the molecule is CC(NC(=O)c1cc(Br)ccc1F)c1ccc(NC(=O)C2CC2)cc1. The summed E-state index contributed by atoms with van der Waals surface area (Å²) in [5.41, 5.74) is 1.60. The summed E-state index contributed by atoms with van der Waals surface area (Å²) in [6.07, 6.45) is 1.91. The quantitative estimate of drug-likeness (QED) is 0.774. The Kier molecular flexibility index (Phi) is 5.18. The molecule has 1 aliphatic carbocycles. The Hall–Kier alpha value is -2.21. The average molecular weight is 405 g/mol. The summed E-state index contributed by atoms with van der Waals surface area (Å²) in [4.78, 5) is 24.0. The molecular weight excluding hydrogens is 387 g/mol. The number of hydrogen-bond acceptors (Lipinski definition) is 2. The monoisotopic (exact) mass is 404 g/mol. The van der Waals surface area contributed by atoms with E-state index in [0.29, 0.717) is 4.47 Å². The van der Waals surface area contributed by atoms with Gasteiger partial charge in [0.2, 0.25) is 5.91 Å². The molecule has 0 saturated heterocycles. The molecule has 3 rings (SSSR count). The minimum Gasteiger partial charge on any atom is -0.345 e. The first kappa shape index (κ1) is 17.6. The molecule has 130 valence electrons. The van der Waals surface area contributed by atoms with Crippen LogP contribution in [0.4, 0.5) is 10.1 Å². The Morgan fingerprint density at radius 2 is 1.84 bits per heavy atom. The number of benzene rings is 2. The third-order valence-electron chi connectivity index (χ3n) is 4.15. The predicted octanol–water partition coefficient (Wildman–Crippen LogP) is 4.43. The van der Waals surface area contributed by atoms with Gasteiger partial charge in [-0.3, -0.25) is 9.59 Å². The number of carbonyl (C=O) groups is 2. The van der Waals surface area contributed by atoms with E-state index in [1.165, 1.54) is 12.1 Å². The van der Waals surface area contributed by atoms with E-state index >= 15 is 0 Å². The van der Waals surface area contributed by atoms with Gasteiger partial charge in [0.15, 0.2) is 0 Å². The van der Waals surface area contributed by atoms with Gasteiger partial charge in [-0.15, -0.1) is 0 Å². The maximum Gasteiger partial charge on any atom is 0.254 e. The summed E-state index contributed by atoms with van der Waals surface area (Å²) in [6, 6.07) is 11.2. The summed E-state index contributed by atoms with van der Waals surface area (Å²) < 4.78 is 14.4. The van der Waals surface area contributed by atoms with Crippen LogP contribution in [0.5, 0.6) is 0 Å². The maximum atomic E-state index is 13.8. The van der Waals surface area contributed by atoms with Crippen molar-refractivity contribution in [2.75, 3.05) is 5.32 Å². The van der Waals surface area contributed by atoms with Crippen molar-refractivity contribution in [1.82, 2.24) is 5.32 Å². The van der Waals surface area contributed by atoms with Crippen LogP contribution in [0.3, 0.4) is 0 Å². The molecule has 1 atom stereocenters. The normalized spacial score (nSPS) is 14.7. The Balaban J connectivity index is 1.64. The molecule has 1 saturated carbocycles. The second-order valence-corrected chi connectivity index (χ2v) is 7.12. The fourth-order valence-electron chi connectivity index (χ4n) is 2.47. The third kappa shape index (κ3) is 4.45. The zero-order valence-electron chi connectivity index (χ0n) is 13.7. The van der Waals surface area contributed by atoms with Gasteiger partial charge in [-0.2, -0.15) is 0 Å². The van der Waals surface area contributed by atoms with Crippen LogP contribution in [-0.2, 0) is 4.79 Å². The number of amides is 2. The molecule has 0 radical (unpaired) electrons. The van der Waals surface area contributed by atoms with Crippen LogP contribution < -0.4 is 10.6 Å². The van der Waals surface area contributed by atoms with E-state index in [0.717, 1.165) is 24.1 Å². The molecule has 1 unspecified atom stereocenters. The second-order valence-electron chi connectivity index (χ2n) is 6.20. The topological polar surface area (TPSA) is 58.2 Å². The van der Waals surface area contributed by atoms with Gasteiger partial charge in [0.25, 0.3) is 5.91 Å². The largest absolute Gasteiger partial charge is 0.345 e. The lowest BCUT2D eigenvalue weighted by Crippen LogP contribution is -2.27. The fraction of sp³-hybridized carbons (Fsp3) is 0.263. The first-order chi connectivity index (χ1) is 11.9. The number of anilines is 1. The van der Waals surface area contributed by atoms with Gasteiger partial charge < -0.3 is 10.6 Å². The summed E-state index contributed by atoms with van der Waals surface area (Å²) in [7, 11) is 0. The lowest BCUT2D eigenvalue weighted by molar-refractivity contribution is -0.117. The van der Waals surface area contributed by atoms with Crippen molar-refractivity contribution in [2.24, 2.45) is 5.92 Å². The lowest BCUT2D eigenvalue weighted by Gasteiger charge is -2.15. The maximum absolute atomic E-state index is 13.8. The predicted molar refractivity (Wildman–Crippen MR) is 97.8 cm³/mol. The van der Waals surface area contributed by atoms with Gasteiger partial charge in [-0.05, 0) is 55.7 Å². The highest BCUT2D eigenvalue weighted by Gasteiger charge is 2.29. The highest BCUT2D eigenvalue weighted by molar-refractivity contribution is 9.10. The molecular formula is C19H18BrFN2O2. The number of rotatable bonds is 5. The number of carbonyl (C=O) groups excluding carboxylic acids is 2. The van der Waals surface area contributed by atoms with Crippen molar-refractivity contribution in [3.8, 4) is 0 Å². The van der Waals surface area contributed by atoms with Crippen molar-refractivity contribution in [3.63, 3.8) is 0 Å². The highest BCUT2D eigenvalue weighted by Crippen LogP contribution is 2.30. The van der Waals surface area contributed by atoms with Crippen LogP contribution in [0, 0.1) is 11.7 Å². The van der Waals surface area contributed by atoms with E-state index < -0.39 is 11.7 Å². The van der Waals surface area contributed by atoms with E-state index in [4.69, 9.17) is 0 Å². The first-order valence-corrected chi connectivity index (χ1v) is 8.90. The van der Waals surface area contributed by atoms with Gasteiger partial charge in [0.1, 0.15) is 5.82 Å². The molecule has 0 aromatic heterocycles. The number of nitrogens with one attached hydrogen (secondary N) is 2. The van der Waals surface area contributed by atoms with E-state index in [1.807, 2.05) is 19.1 Å². The summed E-state index contributed by atoms with van der Waals surface area (Å²) in [5.74, 6) is -0.833. The van der Waals surface area contributed by atoms with Crippen molar-refractivity contribution in [1.29, 1.82) is 0 Å². The molecule has 6 heteroatoms. The molecule has 1 aliphatic rings. The van der Waals surface area contributed by atoms with E-state index in [-0.39, 0.29) is 23.4 Å². The molecule has 0 heterocycles. The Morgan fingerprint density at radius 1 is 1.16 bits per heavy atom. The van der Waals surface area contributed by atoms with Crippen LogP contribution in [0.2, 0.25) is 0 Å². The molecule has 2 amide bonds. The Morgan fingerprint density at radius 3 is 2.48 bits per heavy atom. The van der Waals surface area contributed by atoms with Crippen molar-refractivity contribution < 1.29 is 14.0 Å².